The minimum atomic E-state index is -0.511. The molecule has 7 heteroatoms. The van der Waals surface area contributed by atoms with E-state index in [4.69, 9.17) is 18.9 Å². The van der Waals surface area contributed by atoms with Crippen LogP contribution < -0.4 is 14.2 Å². The highest BCUT2D eigenvalue weighted by Crippen LogP contribution is 2.43. The predicted molar refractivity (Wildman–Crippen MR) is 134 cm³/mol. The van der Waals surface area contributed by atoms with Gasteiger partial charge in [-0.15, -0.1) is 0 Å². The van der Waals surface area contributed by atoms with E-state index in [1.807, 2.05) is 54.6 Å². The number of fused-ring (bicyclic) bond motifs is 2. The second kappa shape index (κ2) is 10.2. The zero-order valence-corrected chi connectivity index (χ0v) is 20.3. The Morgan fingerprint density at radius 1 is 1.00 bits per heavy atom. The van der Waals surface area contributed by atoms with Crippen LogP contribution in [0.3, 0.4) is 0 Å². The number of carbonyl (C=O) groups excluding carboxylic acids is 1. The third-order valence-corrected chi connectivity index (χ3v) is 6.19. The number of nitrogens with zero attached hydrogens (tertiary/aromatic N) is 1. The summed E-state index contributed by atoms with van der Waals surface area (Å²) >= 11 is 0. The summed E-state index contributed by atoms with van der Waals surface area (Å²) in [6, 6.07) is 21.5. The number of esters is 1. The van der Waals surface area contributed by atoms with Crippen LogP contribution in [0.2, 0.25) is 0 Å². The summed E-state index contributed by atoms with van der Waals surface area (Å²) in [6.07, 6.45) is 1.79. The first-order chi connectivity index (χ1) is 17.6. The van der Waals surface area contributed by atoms with Gasteiger partial charge >= 0.3 is 5.97 Å². The van der Waals surface area contributed by atoms with Crippen molar-refractivity contribution in [1.29, 1.82) is 0 Å². The Kier molecular flexibility index (Phi) is 6.62. The van der Waals surface area contributed by atoms with Crippen LogP contribution in [0.1, 0.15) is 35.6 Å². The minimum Gasteiger partial charge on any atom is -0.494 e. The molecular formula is C29H28NO6+. The van der Waals surface area contributed by atoms with Gasteiger partial charge in [-0.05, 0) is 71.5 Å². The van der Waals surface area contributed by atoms with Gasteiger partial charge in [0.1, 0.15) is 11.3 Å². The largest absolute Gasteiger partial charge is 0.494 e. The molecule has 2 aliphatic rings. The van der Waals surface area contributed by atoms with Gasteiger partial charge in [0.05, 0.1) is 18.8 Å². The predicted octanol–water partition coefficient (Wildman–Crippen LogP) is 4.63. The van der Waals surface area contributed by atoms with Crippen LogP contribution in [0.4, 0.5) is 0 Å². The van der Waals surface area contributed by atoms with E-state index >= 15 is 0 Å². The zero-order valence-electron chi connectivity index (χ0n) is 20.3. The van der Waals surface area contributed by atoms with Crippen molar-refractivity contribution >= 4 is 17.3 Å². The number of benzene rings is 3. The molecular weight excluding hydrogens is 458 g/mol. The zero-order chi connectivity index (χ0) is 25.1. The lowest BCUT2D eigenvalue weighted by atomic mass is 9.97. The molecule has 1 aliphatic heterocycles. The van der Waals surface area contributed by atoms with Crippen molar-refractivity contribution in [2.24, 2.45) is 0 Å². The maximum Gasteiger partial charge on any atom is 0.345 e. The van der Waals surface area contributed by atoms with Gasteiger partial charge in [-0.2, -0.15) is 0 Å². The Morgan fingerprint density at radius 3 is 2.58 bits per heavy atom. The molecule has 0 bridgehead atoms. The van der Waals surface area contributed by atoms with Crippen LogP contribution in [-0.4, -0.2) is 48.7 Å². The highest BCUT2D eigenvalue weighted by molar-refractivity contribution is 6.35. The third kappa shape index (κ3) is 4.52. The van der Waals surface area contributed by atoms with Crippen LogP contribution in [0.15, 0.2) is 72.3 Å². The summed E-state index contributed by atoms with van der Waals surface area (Å²) in [4.78, 5) is 13.2. The highest BCUT2D eigenvalue weighted by Gasteiger charge is 2.41. The van der Waals surface area contributed by atoms with Gasteiger partial charge in [-0.3, -0.25) is 5.21 Å². The SMILES string of the molecule is CCOC(=O)C1=C(c2ccc3c(c2)OCO3)c2ccc(OCCCc3ccccc3)cc2/C1=[N+](/C)O. The molecule has 3 aromatic rings. The van der Waals surface area contributed by atoms with Crippen LogP contribution >= 0.6 is 0 Å². The summed E-state index contributed by atoms with van der Waals surface area (Å²) in [7, 11) is 1.49. The van der Waals surface area contributed by atoms with Gasteiger partial charge in [0.15, 0.2) is 18.5 Å². The number of hydrogen-bond acceptors (Lipinski definition) is 6. The van der Waals surface area contributed by atoms with Gasteiger partial charge in [-0.1, -0.05) is 36.4 Å². The molecule has 0 unspecified atom stereocenters. The Bertz CT molecular complexity index is 1360. The van der Waals surface area contributed by atoms with E-state index in [-0.39, 0.29) is 19.0 Å². The van der Waals surface area contributed by atoms with E-state index < -0.39 is 5.97 Å². The smallest absolute Gasteiger partial charge is 0.345 e. The third-order valence-electron chi connectivity index (χ3n) is 6.19. The molecule has 1 aliphatic carbocycles. The molecule has 36 heavy (non-hydrogen) atoms. The van der Waals surface area contributed by atoms with E-state index in [2.05, 4.69) is 12.1 Å². The van der Waals surface area contributed by atoms with Crippen molar-refractivity contribution in [3.63, 3.8) is 0 Å². The Labute approximate surface area is 209 Å². The van der Waals surface area contributed by atoms with Crippen molar-refractivity contribution in [3.05, 3.63) is 94.6 Å². The van der Waals surface area contributed by atoms with E-state index in [9.17, 15) is 10.0 Å². The summed E-state index contributed by atoms with van der Waals surface area (Å²) in [5.41, 5.74) is 4.83. The standard InChI is InChI=1S/C29H28NO6/c1-3-33-29(31)27-26(20-11-14-24-25(16-20)36-18-35-24)22-13-12-21(17-23(22)28(27)30(2)32)34-15-7-10-19-8-5-4-6-9-19/h4-6,8-9,11-14,16-17,32H,3,7,10,15,18H2,1-2H3/q+1/b30-28+. The molecule has 3 aromatic carbocycles. The number of aryl methyl sites for hydroxylation is 1. The molecule has 0 spiro atoms. The summed E-state index contributed by atoms with van der Waals surface area (Å²) in [6.45, 7) is 2.67. The maximum atomic E-state index is 13.2. The van der Waals surface area contributed by atoms with Gasteiger partial charge in [-0.25, -0.2) is 4.79 Å². The Morgan fingerprint density at radius 2 is 1.81 bits per heavy atom. The molecule has 0 radical (unpaired) electrons. The molecule has 0 amide bonds. The van der Waals surface area contributed by atoms with Crippen LogP contribution in [0, 0.1) is 0 Å². The summed E-state index contributed by atoms with van der Waals surface area (Å²) in [5, 5.41) is 10.6. The van der Waals surface area contributed by atoms with Crippen LogP contribution in [0.25, 0.3) is 5.57 Å². The average Bonchev–Trinajstić information content (AvgIpc) is 3.49. The summed E-state index contributed by atoms with van der Waals surface area (Å²) < 4.78 is 23.4. The van der Waals surface area contributed by atoms with Crippen molar-refractivity contribution in [1.82, 2.24) is 0 Å². The van der Waals surface area contributed by atoms with E-state index in [0.717, 1.165) is 28.7 Å². The second-order valence-electron chi connectivity index (χ2n) is 8.56. The monoisotopic (exact) mass is 486 g/mol. The maximum absolute atomic E-state index is 13.2. The molecule has 1 N–H and O–H groups in total. The molecule has 1 heterocycles. The molecule has 184 valence electrons. The molecule has 0 saturated carbocycles. The van der Waals surface area contributed by atoms with Crippen LogP contribution in [-0.2, 0) is 16.0 Å². The number of carbonyl (C=O) groups is 1. The van der Waals surface area contributed by atoms with Crippen molar-refractivity contribution in [2.75, 3.05) is 27.1 Å². The lowest BCUT2D eigenvalue weighted by Crippen LogP contribution is -2.22. The van der Waals surface area contributed by atoms with E-state index in [1.165, 1.54) is 12.6 Å². The van der Waals surface area contributed by atoms with Crippen molar-refractivity contribution in [3.8, 4) is 17.2 Å². The highest BCUT2D eigenvalue weighted by atomic mass is 16.7. The van der Waals surface area contributed by atoms with Crippen molar-refractivity contribution < 1.29 is 33.7 Å². The normalized spacial score (nSPS) is 15.1. The molecule has 0 saturated heterocycles. The topological polar surface area (TPSA) is 77.2 Å². The number of ether oxygens (including phenoxy) is 4. The first-order valence-corrected chi connectivity index (χ1v) is 12.0. The lowest BCUT2D eigenvalue weighted by molar-refractivity contribution is -0.753. The van der Waals surface area contributed by atoms with Gasteiger partial charge in [0.25, 0.3) is 5.71 Å². The van der Waals surface area contributed by atoms with Gasteiger partial charge in [0.2, 0.25) is 6.79 Å². The second-order valence-corrected chi connectivity index (χ2v) is 8.56. The lowest BCUT2D eigenvalue weighted by Gasteiger charge is -2.10. The molecule has 7 nitrogen and oxygen atoms in total. The Hall–Kier alpha value is -4.26. The van der Waals surface area contributed by atoms with E-state index in [0.29, 0.717) is 40.7 Å². The number of hydrogen-bond donors (Lipinski definition) is 1. The Balaban J connectivity index is 1.48. The van der Waals surface area contributed by atoms with Gasteiger partial charge < -0.3 is 18.9 Å². The van der Waals surface area contributed by atoms with Crippen LogP contribution in [0.5, 0.6) is 17.2 Å². The quantitative estimate of drug-likeness (QED) is 0.165. The molecule has 0 fully saturated rings. The minimum absolute atomic E-state index is 0.154. The molecule has 0 atom stereocenters. The number of hydroxylamine groups is 1. The van der Waals surface area contributed by atoms with Gasteiger partial charge in [0, 0.05) is 5.57 Å². The number of rotatable bonds is 8. The molecule has 0 aromatic heterocycles. The fourth-order valence-electron chi connectivity index (χ4n) is 4.62. The van der Waals surface area contributed by atoms with E-state index in [1.54, 1.807) is 6.92 Å². The van der Waals surface area contributed by atoms with Crippen molar-refractivity contribution in [2.45, 2.75) is 19.8 Å². The average molecular weight is 487 g/mol. The first-order valence-electron chi connectivity index (χ1n) is 12.0. The summed E-state index contributed by atoms with van der Waals surface area (Å²) in [5.74, 6) is 1.41. The fourth-order valence-corrected chi connectivity index (χ4v) is 4.62. The fraction of sp³-hybridized carbons (Fsp3) is 0.241. The molecule has 5 rings (SSSR count). The first kappa shape index (κ1) is 23.5.